The third kappa shape index (κ3) is 3.32. The van der Waals surface area contributed by atoms with Crippen molar-refractivity contribution in [3.05, 3.63) is 29.3 Å². The number of benzene rings is 1. The van der Waals surface area contributed by atoms with E-state index in [2.05, 4.69) is 37.4 Å². The lowest BCUT2D eigenvalue weighted by atomic mass is 10.1. The molecule has 1 fully saturated rings. The van der Waals surface area contributed by atoms with Crippen LogP contribution in [0.2, 0.25) is 0 Å². The van der Waals surface area contributed by atoms with Gasteiger partial charge >= 0.3 is 0 Å². The van der Waals surface area contributed by atoms with Gasteiger partial charge in [0.1, 0.15) is 5.60 Å². The molecule has 20 heavy (non-hydrogen) atoms. The van der Waals surface area contributed by atoms with Crippen LogP contribution in [0.4, 0.5) is 5.69 Å². The normalized spacial score (nSPS) is 25.8. The van der Waals surface area contributed by atoms with Crippen molar-refractivity contribution in [2.75, 3.05) is 5.32 Å². The van der Waals surface area contributed by atoms with E-state index in [4.69, 9.17) is 14.5 Å². The van der Waals surface area contributed by atoms with Crippen LogP contribution in [-0.4, -0.2) is 18.1 Å². The highest BCUT2D eigenvalue weighted by molar-refractivity contribution is 5.48. The molecule has 0 aromatic heterocycles. The van der Waals surface area contributed by atoms with E-state index in [0.717, 1.165) is 5.69 Å². The van der Waals surface area contributed by atoms with Gasteiger partial charge in [0.05, 0.1) is 0 Å². The Morgan fingerprint density at radius 1 is 1.15 bits per heavy atom. The van der Waals surface area contributed by atoms with Gasteiger partial charge in [0.2, 0.25) is 0 Å². The van der Waals surface area contributed by atoms with E-state index in [9.17, 15) is 0 Å². The van der Waals surface area contributed by atoms with Crippen molar-refractivity contribution in [2.24, 2.45) is 5.92 Å². The van der Waals surface area contributed by atoms with E-state index in [0.29, 0.717) is 0 Å². The summed E-state index contributed by atoms with van der Waals surface area (Å²) in [6, 6.07) is 6.28. The van der Waals surface area contributed by atoms with Gasteiger partial charge in [-0.05, 0) is 51.0 Å². The summed E-state index contributed by atoms with van der Waals surface area (Å²) >= 11 is 0. The maximum Gasteiger partial charge on any atom is 0.196 e. The van der Waals surface area contributed by atoms with Crippen molar-refractivity contribution in [3.63, 3.8) is 0 Å². The van der Waals surface area contributed by atoms with E-state index in [-0.39, 0.29) is 18.4 Å². The third-order valence-electron chi connectivity index (χ3n) is 3.61. The number of ether oxygens (including phenoxy) is 1. The monoisotopic (exact) mass is 279 g/mol. The topological polar surface area (TPSA) is 39.7 Å². The first-order chi connectivity index (χ1) is 9.29. The van der Waals surface area contributed by atoms with Crippen LogP contribution in [0.1, 0.15) is 38.8 Å². The molecule has 0 aliphatic carbocycles. The fraction of sp³-hybridized carbons (Fsp3) is 0.625. The second-order valence-corrected chi connectivity index (χ2v) is 6.35. The predicted octanol–water partition coefficient (Wildman–Crippen LogP) is 3.78. The van der Waals surface area contributed by atoms with Gasteiger partial charge in [-0.25, -0.2) is 9.78 Å². The zero-order valence-corrected chi connectivity index (χ0v) is 13.2. The molecule has 0 spiro atoms. The van der Waals surface area contributed by atoms with E-state index in [1.807, 2.05) is 27.7 Å². The third-order valence-corrected chi connectivity index (χ3v) is 3.61. The molecule has 1 N–H and O–H groups in total. The SMILES string of the molecule is Cc1ccc(NC2OC(C(C)C)OOC2(C)C)cc1C. The number of rotatable bonds is 3. The van der Waals surface area contributed by atoms with E-state index in [1.54, 1.807) is 0 Å². The molecule has 2 rings (SSSR count). The largest absolute Gasteiger partial charge is 0.358 e. The molecule has 0 bridgehead atoms. The van der Waals surface area contributed by atoms with Crippen LogP contribution in [0.15, 0.2) is 18.2 Å². The Morgan fingerprint density at radius 2 is 1.85 bits per heavy atom. The molecule has 4 nitrogen and oxygen atoms in total. The van der Waals surface area contributed by atoms with E-state index >= 15 is 0 Å². The first-order valence-electron chi connectivity index (χ1n) is 7.13. The smallest absolute Gasteiger partial charge is 0.196 e. The van der Waals surface area contributed by atoms with Crippen LogP contribution in [0.5, 0.6) is 0 Å². The lowest BCUT2D eigenvalue weighted by Gasteiger charge is -2.42. The first kappa shape index (κ1) is 15.3. The molecule has 1 aromatic carbocycles. The summed E-state index contributed by atoms with van der Waals surface area (Å²) < 4.78 is 5.98. The highest BCUT2D eigenvalue weighted by atomic mass is 17.2. The van der Waals surface area contributed by atoms with Crippen molar-refractivity contribution in [1.82, 2.24) is 0 Å². The molecular weight excluding hydrogens is 254 g/mol. The molecule has 0 amide bonds. The zero-order chi connectivity index (χ0) is 14.9. The quantitative estimate of drug-likeness (QED) is 0.855. The summed E-state index contributed by atoms with van der Waals surface area (Å²) in [5.41, 5.74) is 3.00. The highest BCUT2D eigenvalue weighted by Gasteiger charge is 2.41. The molecule has 0 radical (unpaired) electrons. The molecule has 4 heteroatoms. The van der Waals surface area contributed by atoms with Gasteiger partial charge in [0.25, 0.3) is 0 Å². The second kappa shape index (κ2) is 5.72. The lowest BCUT2D eigenvalue weighted by Crippen LogP contribution is -2.54. The molecule has 1 heterocycles. The maximum atomic E-state index is 5.98. The van der Waals surface area contributed by atoms with E-state index in [1.165, 1.54) is 11.1 Å². The number of nitrogens with one attached hydrogen (secondary N) is 1. The molecular formula is C16H25NO3. The van der Waals surface area contributed by atoms with Crippen molar-refractivity contribution in [1.29, 1.82) is 0 Å². The Morgan fingerprint density at radius 3 is 2.45 bits per heavy atom. The van der Waals surface area contributed by atoms with Gasteiger partial charge < -0.3 is 10.1 Å². The van der Waals surface area contributed by atoms with Crippen LogP contribution >= 0.6 is 0 Å². The van der Waals surface area contributed by atoms with Gasteiger partial charge in [-0.1, -0.05) is 19.9 Å². The number of hydrogen-bond donors (Lipinski definition) is 1. The van der Waals surface area contributed by atoms with Crippen LogP contribution in [0, 0.1) is 19.8 Å². The average Bonchev–Trinajstić information content (AvgIpc) is 2.36. The molecule has 0 saturated carbocycles. The van der Waals surface area contributed by atoms with Gasteiger partial charge in [0, 0.05) is 11.6 Å². The minimum atomic E-state index is -0.551. The summed E-state index contributed by atoms with van der Waals surface area (Å²) in [5.74, 6) is 0.232. The minimum Gasteiger partial charge on any atom is -0.358 e. The van der Waals surface area contributed by atoms with Gasteiger partial charge in [-0.15, -0.1) is 0 Å². The fourth-order valence-corrected chi connectivity index (χ4v) is 1.99. The Bertz CT molecular complexity index is 471. The fourth-order valence-electron chi connectivity index (χ4n) is 1.99. The lowest BCUT2D eigenvalue weighted by molar-refractivity contribution is -0.485. The summed E-state index contributed by atoms with van der Waals surface area (Å²) in [7, 11) is 0. The summed E-state index contributed by atoms with van der Waals surface area (Å²) in [4.78, 5) is 10.8. The van der Waals surface area contributed by atoms with Crippen molar-refractivity contribution < 1.29 is 14.5 Å². The minimum absolute atomic E-state index is 0.232. The maximum absolute atomic E-state index is 5.98. The second-order valence-electron chi connectivity index (χ2n) is 6.35. The van der Waals surface area contributed by atoms with Crippen molar-refractivity contribution in [3.8, 4) is 0 Å². The van der Waals surface area contributed by atoms with Crippen LogP contribution < -0.4 is 5.32 Å². The molecule has 1 aliphatic rings. The Hall–Kier alpha value is -1.10. The predicted molar refractivity (Wildman–Crippen MR) is 79.3 cm³/mol. The zero-order valence-electron chi connectivity index (χ0n) is 13.2. The molecule has 1 saturated heterocycles. The summed E-state index contributed by atoms with van der Waals surface area (Å²) in [6.45, 7) is 12.2. The van der Waals surface area contributed by atoms with Crippen molar-refractivity contribution in [2.45, 2.75) is 59.7 Å². The van der Waals surface area contributed by atoms with Crippen molar-refractivity contribution >= 4 is 5.69 Å². The highest BCUT2D eigenvalue weighted by Crippen LogP contribution is 2.30. The van der Waals surface area contributed by atoms with E-state index < -0.39 is 5.60 Å². The Labute approximate surface area is 121 Å². The standard InChI is InChI=1S/C16H25NO3/c1-10(2)14-18-15(16(5,6)20-19-14)17-13-8-7-11(3)12(4)9-13/h7-10,14-15,17H,1-6H3. The Kier molecular flexibility index (Phi) is 4.37. The van der Waals surface area contributed by atoms with Gasteiger partial charge in [-0.3, -0.25) is 0 Å². The molecule has 2 atom stereocenters. The van der Waals surface area contributed by atoms with Gasteiger partial charge in [-0.2, -0.15) is 0 Å². The average molecular weight is 279 g/mol. The number of anilines is 1. The van der Waals surface area contributed by atoms with Crippen LogP contribution in [0.3, 0.4) is 0 Å². The summed E-state index contributed by atoms with van der Waals surface area (Å²) in [5, 5.41) is 3.40. The first-order valence-corrected chi connectivity index (χ1v) is 7.13. The number of aryl methyl sites for hydroxylation is 2. The molecule has 1 aliphatic heterocycles. The molecule has 112 valence electrons. The van der Waals surface area contributed by atoms with Crippen LogP contribution in [-0.2, 0) is 14.5 Å². The van der Waals surface area contributed by atoms with Gasteiger partial charge in [0.15, 0.2) is 12.5 Å². The van der Waals surface area contributed by atoms with Crippen LogP contribution in [0.25, 0.3) is 0 Å². The molecule has 1 aromatic rings. The Balaban J connectivity index is 2.13. The molecule has 2 unspecified atom stereocenters. The summed E-state index contributed by atoms with van der Waals surface area (Å²) in [6.07, 6.45) is -0.613. The number of hydrogen-bond acceptors (Lipinski definition) is 4.